The van der Waals surface area contributed by atoms with Crippen molar-refractivity contribution in [3.63, 3.8) is 0 Å². The number of nitrogens with zero attached hydrogens (tertiary/aromatic N) is 1. The van der Waals surface area contributed by atoms with Crippen LogP contribution >= 0.6 is 31.3 Å². The van der Waals surface area contributed by atoms with E-state index in [1.165, 1.54) is 16.8 Å². The minimum atomic E-state index is -3.98. The number of carbonyl (C=O) groups excluding carboxylic acids is 2. The van der Waals surface area contributed by atoms with E-state index < -0.39 is 36.1 Å². The Labute approximate surface area is 238 Å². The van der Waals surface area contributed by atoms with Crippen LogP contribution in [0.15, 0.2) is 21.9 Å². The molecule has 1 N–H and O–H groups in total. The van der Waals surface area contributed by atoms with Crippen molar-refractivity contribution in [2.75, 3.05) is 31.3 Å². The average molecular weight is 609 g/mol. The SMILES string of the molecule is C[C@H]1C[C@@H](CCOP(=O)(OCCSC(=O)C(C)(C)C)OCCSC(=O)C(C)(C)C)O[C@H]1n1ccc(=O)[nH]c1=O. The summed E-state index contributed by atoms with van der Waals surface area (Å²) in [6.07, 6.45) is 1.57. The summed E-state index contributed by atoms with van der Waals surface area (Å²) < 4.78 is 37.3. The number of phosphoric ester groups is 1. The van der Waals surface area contributed by atoms with Gasteiger partial charge in [0, 0.05) is 40.5 Å². The maximum Gasteiger partial charge on any atom is 0.474 e. The minimum Gasteiger partial charge on any atom is -0.354 e. The van der Waals surface area contributed by atoms with Gasteiger partial charge in [-0.15, -0.1) is 0 Å². The molecule has 1 aromatic heterocycles. The summed E-state index contributed by atoms with van der Waals surface area (Å²) in [5, 5.41) is -0.0213. The molecule has 1 saturated heterocycles. The summed E-state index contributed by atoms with van der Waals surface area (Å²) in [5.41, 5.74) is -2.04. The maximum absolute atomic E-state index is 13.3. The molecule has 0 saturated carbocycles. The van der Waals surface area contributed by atoms with Crippen LogP contribution < -0.4 is 11.2 Å². The van der Waals surface area contributed by atoms with Crippen LogP contribution in [0, 0.1) is 16.7 Å². The monoisotopic (exact) mass is 608 g/mol. The van der Waals surface area contributed by atoms with Crippen molar-refractivity contribution >= 4 is 41.6 Å². The average Bonchev–Trinajstić information content (AvgIpc) is 3.18. The molecule has 14 heteroatoms. The Bertz CT molecular complexity index is 1100. The van der Waals surface area contributed by atoms with E-state index in [1.807, 2.05) is 48.5 Å². The molecular weight excluding hydrogens is 567 g/mol. The normalized spacial score (nSPS) is 20.3. The molecule has 222 valence electrons. The fourth-order valence-corrected chi connectivity index (χ4v) is 6.48. The molecule has 1 aliphatic rings. The van der Waals surface area contributed by atoms with Crippen LogP contribution in [-0.4, -0.2) is 57.2 Å². The Hall–Kier alpha value is -1.21. The molecular formula is C25H41N2O9PS2. The lowest BCUT2D eigenvalue weighted by Gasteiger charge is -2.20. The first-order chi connectivity index (χ1) is 18.0. The Morgan fingerprint density at radius 1 is 1.00 bits per heavy atom. The molecule has 1 aromatic rings. The number of phosphoric acid groups is 1. The van der Waals surface area contributed by atoms with Gasteiger partial charge in [0.2, 0.25) is 0 Å². The standard InChI is InChI=1S/C25H41N2O9PS2/c1-17-16-18(36-20(17)27-10-8-19(28)26-23(27)31)9-11-33-37(32,34-12-14-38-21(29)24(2,3)4)35-13-15-39-22(30)25(5,6)7/h8,10,17-18,20H,9,11-16H2,1-7H3,(H,26,28,31)/t17-,18+,20+/m0/s1. The highest BCUT2D eigenvalue weighted by Crippen LogP contribution is 2.50. The molecule has 0 spiro atoms. The van der Waals surface area contributed by atoms with E-state index in [0.29, 0.717) is 12.8 Å². The van der Waals surface area contributed by atoms with Crippen molar-refractivity contribution in [1.82, 2.24) is 9.55 Å². The third kappa shape index (κ3) is 11.3. The Kier molecular flexibility index (Phi) is 12.7. The molecule has 2 rings (SSSR count). The second kappa shape index (κ2) is 14.6. The number of carbonyl (C=O) groups is 2. The zero-order valence-corrected chi connectivity index (χ0v) is 26.2. The minimum absolute atomic E-state index is 0.00400. The van der Waals surface area contributed by atoms with Gasteiger partial charge in [0.15, 0.2) is 10.2 Å². The molecule has 0 radical (unpaired) electrons. The van der Waals surface area contributed by atoms with Gasteiger partial charge in [0.05, 0.1) is 25.9 Å². The van der Waals surface area contributed by atoms with Crippen LogP contribution in [0.4, 0.5) is 0 Å². The number of rotatable bonds is 13. The van der Waals surface area contributed by atoms with Crippen LogP contribution in [0.5, 0.6) is 0 Å². The second-order valence-electron chi connectivity index (χ2n) is 11.4. The first kappa shape index (κ1) is 34.0. The highest BCUT2D eigenvalue weighted by Gasteiger charge is 2.35. The van der Waals surface area contributed by atoms with E-state index >= 15 is 0 Å². The van der Waals surface area contributed by atoms with Crippen LogP contribution in [-0.2, 0) is 32.5 Å². The van der Waals surface area contributed by atoms with E-state index in [2.05, 4.69) is 4.98 Å². The number of hydrogen-bond donors (Lipinski definition) is 1. The number of hydrogen-bond acceptors (Lipinski definition) is 11. The zero-order valence-electron chi connectivity index (χ0n) is 23.7. The number of H-pyrrole nitrogens is 1. The lowest BCUT2D eigenvalue weighted by molar-refractivity contribution is -0.118. The summed E-state index contributed by atoms with van der Waals surface area (Å²) in [5.74, 6) is 0.555. The van der Waals surface area contributed by atoms with Gasteiger partial charge < -0.3 is 4.74 Å². The molecule has 1 fully saturated rings. The smallest absolute Gasteiger partial charge is 0.354 e. The van der Waals surface area contributed by atoms with Crippen LogP contribution in [0.25, 0.3) is 0 Å². The van der Waals surface area contributed by atoms with E-state index in [1.54, 1.807) is 0 Å². The van der Waals surface area contributed by atoms with Gasteiger partial charge in [-0.3, -0.25) is 37.5 Å². The molecule has 0 aliphatic carbocycles. The van der Waals surface area contributed by atoms with E-state index in [-0.39, 0.29) is 53.6 Å². The van der Waals surface area contributed by atoms with Gasteiger partial charge >= 0.3 is 13.5 Å². The van der Waals surface area contributed by atoms with E-state index in [0.717, 1.165) is 23.5 Å². The molecule has 11 nitrogen and oxygen atoms in total. The molecule has 0 unspecified atom stereocenters. The molecule has 39 heavy (non-hydrogen) atoms. The third-order valence-corrected chi connectivity index (χ3v) is 9.61. The topological polar surface area (TPSA) is 143 Å². The fraction of sp³-hybridized carbons (Fsp3) is 0.760. The summed E-state index contributed by atoms with van der Waals surface area (Å²) >= 11 is 2.18. The largest absolute Gasteiger partial charge is 0.474 e. The first-order valence-electron chi connectivity index (χ1n) is 12.9. The van der Waals surface area contributed by atoms with Crippen molar-refractivity contribution in [1.29, 1.82) is 0 Å². The van der Waals surface area contributed by atoms with Crippen molar-refractivity contribution < 1.29 is 32.5 Å². The number of aromatic amines is 1. The zero-order chi connectivity index (χ0) is 29.4. The van der Waals surface area contributed by atoms with Gasteiger partial charge in [0.1, 0.15) is 6.23 Å². The highest BCUT2D eigenvalue weighted by atomic mass is 32.2. The van der Waals surface area contributed by atoms with Gasteiger partial charge in [0.25, 0.3) is 5.56 Å². The molecule has 0 amide bonds. The summed E-state index contributed by atoms with van der Waals surface area (Å²) in [4.78, 5) is 50.0. The van der Waals surface area contributed by atoms with Crippen LogP contribution in [0.3, 0.4) is 0 Å². The third-order valence-electron chi connectivity index (χ3n) is 5.62. The summed E-state index contributed by atoms with van der Waals surface area (Å²) in [7, 11) is -3.98. The van der Waals surface area contributed by atoms with Gasteiger partial charge in [-0.25, -0.2) is 9.36 Å². The van der Waals surface area contributed by atoms with Crippen molar-refractivity contribution in [2.45, 2.75) is 73.6 Å². The number of aromatic nitrogens is 2. The Morgan fingerprint density at radius 3 is 2.00 bits per heavy atom. The lowest BCUT2D eigenvalue weighted by Crippen LogP contribution is -2.33. The lowest BCUT2D eigenvalue weighted by atomic mass is 9.99. The Balaban J connectivity index is 1.92. The molecule has 3 atom stereocenters. The molecule has 0 bridgehead atoms. The van der Waals surface area contributed by atoms with Gasteiger partial charge in [-0.1, -0.05) is 72.0 Å². The van der Waals surface area contributed by atoms with Gasteiger partial charge in [-0.05, 0) is 12.8 Å². The van der Waals surface area contributed by atoms with E-state index in [4.69, 9.17) is 18.3 Å². The number of ether oxygens (including phenoxy) is 1. The second-order valence-corrected chi connectivity index (χ2v) is 15.2. The number of thioether (sulfide) groups is 2. The van der Waals surface area contributed by atoms with Gasteiger partial charge in [-0.2, -0.15) is 0 Å². The van der Waals surface area contributed by atoms with Crippen molar-refractivity contribution in [2.24, 2.45) is 16.7 Å². The Morgan fingerprint density at radius 2 is 1.51 bits per heavy atom. The quantitative estimate of drug-likeness (QED) is 0.247. The highest BCUT2D eigenvalue weighted by molar-refractivity contribution is 8.14. The van der Waals surface area contributed by atoms with Crippen molar-refractivity contribution in [3.8, 4) is 0 Å². The molecule has 2 heterocycles. The summed E-state index contributed by atoms with van der Waals surface area (Å²) in [6, 6.07) is 1.26. The number of nitrogens with one attached hydrogen (secondary N) is 1. The van der Waals surface area contributed by atoms with E-state index in [9.17, 15) is 23.7 Å². The first-order valence-corrected chi connectivity index (χ1v) is 16.3. The summed E-state index contributed by atoms with van der Waals surface area (Å²) in [6.45, 7) is 12.8. The predicted molar refractivity (Wildman–Crippen MR) is 153 cm³/mol. The van der Waals surface area contributed by atoms with Crippen molar-refractivity contribution in [3.05, 3.63) is 33.1 Å². The molecule has 0 aromatic carbocycles. The van der Waals surface area contributed by atoms with Crippen LogP contribution in [0.2, 0.25) is 0 Å². The molecule has 1 aliphatic heterocycles. The maximum atomic E-state index is 13.3. The fourth-order valence-electron chi connectivity index (χ4n) is 3.48. The van der Waals surface area contributed by atoms with Crippen LogP contribution in [0.1, 0.15) is 67.5 Å². The predicted octanol–water partition coefficient (Wildman–Crippen LogP) is 4.62.